The van der Waals surface area contributed by atoms with Gasteiger partial charge in [-0.3, -0.25) is 4.79 Å². The molecule has 0 aliphatic rings. The highest BCUT2D eigenvalue weighted by Gasteiger charge is 2.24. The molecule has 0 heterocycles. The maximum absolute atomic E-state index is 11.8. The van der Waals surface area contributed by atoms with E-state index in [1.807, 2.05) is 30.3 Å². The van der Waals surface area contributed by atoms with Crippen molar-refractivity contribution in [2.45, 2.75) is 25.5 Å². The summed E-state index contributed by atoms with van der Waals surface area (Å²) in [6.07, 6.45) is 0. The van der Waals surface area contributed by atoms with E-state index in [4.69, 9.17) is 4.74 Å². The normalized spacial score (nSPS) is 15.4. The van der Waals surface area contributed by atoms with Crippen molar-refractivity contribution >= 4 is 5.91 Å². The average molecular weight is 280 g/mol. The van der Waals surface area contributed by atoms with Crippen LogP contribution in [-0.4, -0.2) is 43.9 Å². The molecule has 1 rings (SSSR count). The molecular weight excluding hydrogens is 256 g/mol. The quantitative estimate of drug-likeness (QED) is 0.611. The third kappa shape index (κ3) is 5.28. The molecule has 2 atom stereocenters. The third-order valence-corrected chi connectivity index (χ3v) is 3.15. The SMILES string of the molecule is COCCNC(=O)C(C)NCC(C)(O)c1ccccc1. The van der Waals surface area contributed by atoms with Crippen LogP contribution in [0.15, 0.2) is 30.3 Å². The van der Waals surface area contributed by atoms with E-state index in [0.29, 0.717) is 19.7 Å². The topological polar surface area (TPSA) is 70.6 Å². The number of ether oxygens (including phenoxy) is 1. The van der Waals surface area contributed by atoms with Crippen LogP contribution in [0, 0.1) is 0 Å². The fraction of sp³-hybridized carbons (Fsp3) is 0.533. The molecule has 0 spiro atoms. The van der Waals surface area contributed by atoms with Crippen LogP contribution in [0.3, 0.4) is 0 Å². The van der Waals surface area contributed by atoms with Crippen LogP contribution in [0.5, 0.6) is 0 Å². The largest absolute Gasteiger partial charge is 0.384 e. The molecule has 0 saturated carbocycles. The minimum Gasteiger partial charge on any atom is -0.384 e. The van der Waals surface area contributed by atoms with Crippen LogP contribution in [0.4, 0.5) is 0 Å². The zero-order valence-corrected chi connectivity index (χ0v) is 12.3. The minimum absolute atomic E-state index is 0.106. The second kappa shape index (κ2) is 7.99. The maximum atomic E-state index is 11.8. The third-order valence-electron chi connectivity index (χ3n) is 3.15. The molecule has 20 heavy (non-hydrogen) atoms. The van der Waals surface area contributed by atoms with Crippen molar-refractivity contribution in [2.75, 3.05) is 26.8 Å². The van der Waals surface area contributed by atoms with E-state index in [1.165, 1.54) is 0 Å². The van der Waals surface area contributed by atoms with Crippen molar-refractivity contribution in [2.24, 2.45) is 0 Å². The van der Waals surface area contributed by atoms with Crippen LogP contribution in [-0.2, 0) is 15.1 Å². The first-order valence-electron chi connectivity index (χ1n) is 6.75. The van der Waals surface area contributed by atoms with Gasteiger partial charge in [0.1, 0.15) is 0 Å². The van der Waals surface area contributed by atoms with Crippen LogP contribution in [0.25, 0.3) is 0 Å². The summed E-state index contributed by atoms with van der Waals surface area (Å²) in [6, 6.07) is 9.02. The molecule has 0 radical (unpaired) electrons. The molecule has 112 valence electrons. The van der Waals surface area contributed by atoms with E-state index in [1.54, 1.807) is 21.0 Å². The van der Waals surface area contributed by atoms with Gasteiger partial charge in [0.25, 0.3) is 0 Å². The van der Waals surface area contributed by atoms with Crippen molar-refractivity contribution in [3.05, 3.63) is 35.9 Å². The van der Waals surface area contributed by atoms with Gasteiger partial charge in [0.15, 0.2) is 0 Å². The predicted molar refractivity (Wildman–Crippen MR) is 78.4 cm³/mol. The molecule has 1 amide bonds. The van der Waals surface area contributed by atoms with Crippen molar-refractivity contribution < 1.29 is 14.6 Å². The van der Waals surface area contributed by atoms with Crippen molar-refractivity contribution in [3.8, 4) is 0 Å². The van der Waals surface area contributed by atoms with E-state index < -0.39 is 5.60 Å². The van der Waals surface area contributed by atoms with Crippen LogP contribution >= 0.6 is 0 Å². The summed E-state index contributed by atoms with van der Waals surface area (Å²) < 4.78 is 4.87. The molecule has 1 aromatic rings. The fourth-order valence-corrected chi connectivity index (χ4v) is 1.77. The Morgan fingerprint density at radius 3 is 2.65 bits per heavy atom. The molecule has 0 aliphatic heterocycles. The van der Waals surface area contributed by atoms with Crippen LogP contribution in [0.1, 0.15) is 19.4 Å². The van der Waals surface area contributed by atoms with Crippen LogP contribution in [0.2, 0.25) is 0 Å². The Balaban J connectivity index is 2.43. The van der Waals surface area contributed by atoms with Crippen molar-refractivity contribution in [3.63, 3.8) is 0 Å². The number of carbonyl (C=O) groups is 1. The highest BCUT2D eigenvalue weighted by atomic mass is 16.5. The van der Waals surface area contributed by atoms with Crippen molar-refractivity contribution in [1.82, 2.24) is 10.6 Å². The molecule has 5 heteroatoms. The Hall–Kier alpha value is -1.43. The van der Waals surface area contributed by atoms with Gasteiger partial charge >= 0.3 is 0 Å². The number of methoxy groups -OCH3 is 1. The first-order chi connectivity index (χ1) is 9.47. The molecular formula is C15H24N2O3. The Bertz CT molecular complexity index is 407. The second-order valence-corrected chi connectivity index (χ2v) is 5.03. The summed E-state index contributed by atoms with van der Waals surface area (Å²) in [5.74, 6) is -0.106. The lowest BCUT2D eigenvalue weighted by atomic mass is 9.96. The summed E-state index contributed by atoms with van der Waals surface area (Å²) in [5, 5.41) is 16.2. The molecule has 0 bridgehead atoms. The van der Waals surface area contributed by atoms with Gasteiger partial charge in [-0.2, -0.15) is 0 Å². The summed E-state index contributed by atoms with van der Waals surface area (Å²) in [6.45, 7) is 4.76. The van der Waals surface area contributed by atoms with Crippen molar-refractivity contribution in [1.29, 1.82) is 0 Å². The number of benzene rings is 1. The van der Waals surface area contributed by atoms with E-state index in [2.05, 4.69) is 10.6 Å². The molecule has 0 fully saturated rings. The van der Waals surface area contributed by atoms with E-state index in [-0.39, 0.29) is 11.9 Å². The molecule has 0 aromatic heterocycles. The predicted octanol–water partition coefficient (Wildman–Crippen LogP) is 0.635. The van der Waals surface area contributed by atoms with Gasteiger partial charge in [-0.25, -0.2) is 0 Å². The summed E-state index contributed by atoms with van der Waals surface area (Å²) >= 11 is 0. The van der Waals surface area contributed by atoms with Gasteiger partial charge < -0.3 is 20.5 Å². The van der Waals surface area contributed by atoms with Gasteiger partial charge in [-0.1, -0.05) is 30.3 Å². The lowest BCUT2D eigenvalue weighted by Gasteiger charge is -2.26. The molecule has 0 saturated heterocycles. The van der Waals surface area contributed by atoms with Crippen LogP contribution < -0.4 is 10.6 Å². The number of nitrogens with one attached hydrogen (secondary N) is 2. The average Bonchev–Trinajstić information content (AvgIpc) is 2.46. The standard InChI is InChI=1S/C15H24N2O3/c1-12(14(18)16-9-10-20-3)17-11-15(2,19)13-7-5-4-6-8-13/h4-8,12,17,19H,9-11H2,1-3H3,(H,16,18). The van der Waals surface area contributed by atoms with E-state index >= 15 is 0 Å². The number of rotatable bonds is 8. The zero-order valence-electron chi connectivity index (χ0n) is 12.3. The van der Waals surface area contributed by atoms with Gasteiger partial charge in [0.2, 0.25) is 5.91 Å². The molecule has 0 aliphatic carbocycles. The molecule has 2 unspecified atom stereocenters. The lowest BCUT2D eigenvalue weighted by Crippen LogP contribution is -2.47. The number of amides is 1. The fourth-order valence-electron chi connectivity index (χ4n) is 1.77. The summed E-state index contributed by atoms with van der Waals surface area (Å²) in [5.41, 5.74) is -0.193. The van der Waals surface area contributed by atoms with E-state index in [0.717, 1.165) is 5.56 Å². The molecule has 5 nitrogen and oxygen atoms in total. The first-order valence-corrected chi connectivity index (χ1v) is 6.75. The van der Waals surface area contributed by atoms with Gasteiger partial charge in [0.05, 0.1) is 18.2 Å². The highest BCUT2D eigenvalue weighted by molar-refractivity contribution is 5.81. The first kappa shape index (κ1) is 16.6. The number of hydrogen-bond donors (Lipinski definition) is 3. The zero-order chi connectivity index (χ0) is 15.0. The van der Waals surface area contributed by atoms with Gasteiger partial charge in [-0.05, 0) is 19.4 Å². The highest BCUT2D eigenvalue weighted by Crippen LogP contribution is 2.18. The Kier molecular flexibility index (Phi) is 6.64. The Morgan fingerprint density at radius 1 is 1.40 bits per heavy atom. The number of carbonyl (C=O) groups excluding carboxylic acids is 1. The Labute approximate surface area is 120 Å². The summed E-state index contributed by atoms with van der Waals surface area (Å²) in [7, 11) is 1.59. The lowest BCUT2D eigenvalue weighted by molar-refractivity contribution is -0.123. The monoisotopic (exact) mass is 280 g/mol. The van der Waals surface area contributed by atoms with Gasteiger partial charge in [-0.15, -0.1) is 0 Å². The smallest absolute Gasteiger partial charge is 0.236 e. The summed E-state index contributed by atoms with van der Waals surface area (Å²) in [4.78, 5) is 11.8. The minimum atomic E-state index is -1.01. The number of hydrogen-bond acceptors (Lipinski definition) is 4. The Morgan fingerprint density at radius 2 is 2.05 bits per heavy atom. The van der Waals surface area contributed by atoms with Gasteiger partial charge in [0, 0.05) is 20.2 Å². The molecule has 1 aromatic carbocycles. The maximum Gasteiger partial charge on any atom is 0.236 e. The second-order valence-electron chi connectivity index (χ2n) is 5.03. The molecule has 3 N–H and O–H groups in total. The van der Waals surface area contributed by atoms with E-state index in [9.17, 15) is 9.90 Å². The number of aliphatic hydroxyl groups is 1.